The molecule has 30 heavy (non-hydrogen) atoms. The molecular weight excluding hydrogens is 392 g/mol. The molecule has 0 aliphatic heterocycles. The minimum Gasteiger partial charge on any atom is -0.465 e. The zero-order valence-corrected chi connectivity index (χ0v) is 16.7. The average molecular weight is 412 g/mol. The van der Waals surface area contributed by atoms with E-state index in [9.17, 15) is 24.0 Å². The minimum absolute atomic E-state index is 0.0696. The predicted molar refractivity (Wildman–Crippen MR) is 102 cm³/mol. The Morgan fingerprint density at radius 2 is 1.33 bits per heavy atom. The van der Waals surface area contributed by atoms with Crippen LogP contribution in [0.1, 0.15) is 41.5 Å². The van der Waals surface area contributed by atoms with Crippen molar-refractivity contribution in [2.24, 2.45) is 11.8 Å². The summed E-state index contributed by atoms with van der Waals surface area (Å²) in [6.07, 6.45) is 1.47. The molecule has 2 atom stereocenters. The van der Waals surface area contributed by atoms with Crippen LogP contribution in [-0.2, 0) is 28.6 Å². The molecule has 0 spiro atoms. The van der Waals surface area contributed by atoms with E-state index in [1.165, 1.54) is 32.9 Å². The summed E-state index contributed by atoms with van der Waals surface area (Å²) < 4.78 is 15.5. The Hall–Kier alpha value is -3.55. The van der Waals surface area contributed by atoms with Crippen molar-refractivity contribution >= 4 is 29.5 Å². The van der Waals surface area contributed by atoms with Crippen molar-refractivity contribution in [1.29, 1.82) is 0 Å². The summed E-state index contributed by atoms with van der Waals surface area (Å²) >= 11 is 0. The molecule has 8 nitrogen and oxygen atoms in total. The third kappa shape index (κ3) is 4.07. The van der Waals surface area contributed by atoms with E-state index in [-0.39, 0.29) is 47.0 Å². The van der Waals surface area contributed by atoms with Crippen molar-refractivity contribution in [2.45, 2.75) is 20.8 Å². The molecule has 0 saturated heterocycles. The van der Waals surface area contributed by atoms with E-state index < -0.39 is 35.5 Å². The molecule has 0 amide bonds. The van der Waals surface area contributed by atoms with Crippen LogP contribution in [0.3, 0.4) is 0 Å². The Bertz CT molecular complexity index is 1010. The summed E-state index contributed by atoms with van der Waals surface area (Å²) in [4.78, 5) is 61.0. The number of hydrogen-bond donors (Lipinski definition) is 0. The van der Waals surface area contributed by atoms with Crippen molar-refractivity contribution in [1.82, 2.24) is 0 Å². The van der Waals surface area contributed by atoms with Gasteiger partial charge in [0.15, 0.2) is 11.6 Å². The van der Waals surface area contributed by atoms with E-state index >= 15 is 0 Å². The SMILES string of the molecule is CC(=O)OC[C@@H]1C(OC(C)=O)=C[C@H](COC(C)=O)C2=C1C(=O)c1ccccc1C2=O. The molecule has 0 N–H and O–H groups in total. The van der Waals surface area contributed by atoms with Crippen LogP contribution in [0.15, 0.2) is 47.2 Å². The molecule has 0 radical (unpaired) electrons. The fraction of sp³-hybridized carbons (Fsp3) is 0.318. The maximum absolute atomic E-state index is 13.3. The Morgan fingerprint density at radius 1 is 0.800 bits per heavy atom. The van der Waals surface area contributed by atoms with Crippen molar-refractivity contribution in [3.05, 3.63) is 58.4 Å². The highest BCUT2D eigenvalue weighted by atomic mass is 16.6. The molecule has 0 saturated carbocycles. The first kappa shape index (κ1) is 21.2. The number of fused-ring (bicyclic) bond motifs is 1. The van der Waals surface area contributed by atoms with Gasteiger partial charge in [-0.1, -0.05) is 24.3 Å². The highest BCUT2D eigenvalue weighted by molar-refractivity contribution is 6.27. The molecule has 1 aromatic carbocycles. The smallest absolute Gasteiger partial charge is 0.307 e. The number of rotatable bonds is 5. The van der Waals surface area contributed by atoms with Gasteiger partial charge in [-0.25, -0.2) is 0 Å². The molecular formula is C22H20O8. The quantitative estimate of drug-likeness (QED) is 0.534. The van der Waals surface area contributed by atoms with Crippen LogP contribution in [0.5, 0.6) is 0 Å². The molecule has 8 heteroatoms. The van der Waals surface area contributed by atoms with Crippen LogP contribution in [0.2, 0.25) is 0 Å². The first-order valence-corrected chi connectivity index (χ1v) is 9.30. The van der Waals surface area contributed by atoms with Crippen molar-refractivity contribution in [2.75, 3.05) is 13.2 Å². The molecule has 3 rings (SSSR count). The molecule has 0 heterocycles. The molecule has 156 valence electrons. The van der Waals surface area contributed by atoms with Crippen LogP contribution in [0.25, 0.3) is 0 Å². The molecule has 1 aromatic rings. The van der Waals surface area contributed by atoms with E-state index in [4.69, 9.17) is 14.2 Å². The van der Waals surface area contributed by atoms with E-state index in [0.29, 0.717) is 0 Å². The van der Waals surface area contributed by atoms with Crippen LogP contribution < -0.4 is 0 Å². The Labute approximate surface area is 172 Å². The van der Waals surface area contributed by atoms with E-state index in [1.807, 2.05) is 0 Å². The molecule has 2 aliphatic carbocycles. The second kappa shape index (κ2) is 8.44. The number of ketones is 2. The van der Waals surface area contributed by atoms with Gasteiger partial charge in [-0.05, 0) is 6.08 Å². The van der Waals surface area contributed by atoms with Gasteiger partial charge >= 0.3 is 17.9 Å². The summed E-state index contributed by atoms with van der Waals surface area (Å²) in [6.45, 7) is 3.13. The first-order chi connectivity index (χ1) is 14.2. The molecule has 2 aliphatic rings. The lowest BCUT2D eigenvalue weighted by atomic mass is 9.71. The molecule has 0 aromatic heterocycles. The van der Waals surface area contributed by atoms with Gasteiger partial charge in [0.2, 0.25) is 0 Å². The standard InChI is InChI=1S/C22H20O8/c1-11(23)28-9-14-8-18(30-13(3)25)17(10-29-12(2)24)20-19(14)21(26)15-6-4-5-7-16(15)22(20)27/h4-8,14,17H,9-10H2,1-3H3/t14-,17-/m1/s1. The van der Waals surface area contributed by atoms with Gasteiger partial charge in [0, 0.05) is 49.0 Å². The van der Waals surface area contributed by atoms with Gasteiger partial charge < -0.3 is 14.2 Å². The van der Waals surface area contributed by atoms with Gasteiger partial charge in [0.25, 0.3) is 0 Å². The maximum atomic E-state index is 13.3. The van der Waals surface area contributed by atoms with E-state index in [0.717, 1.165) is 0 Å². The van der Waals surface area contributed by atoms with Crippen molar-refractivity contribution in [3.8, 4) is 0 Å². The lowest BCUT2D eigenvalue weighted by Crippen LogP contribution is -2.37. The predicted octanol–water partition coefficient (Wildman–Crippen LogP) is 2.18. The fourth-order valence-electron chi connectivity index (χ4n) is 3.64. The number of carbonyl (C=O) groups is 5. The van der Waals surface area contributed by atoms with Crippen LogP contribution in [0.4, 0.5) is 0 Å². The largest absolute Gasteiger partial charge is 0.465 e. The number of esters is 3. The van der Waals surface area contributed by atoms with E-state index in [1.54, 1.807) is 18.2 Å². The molecule has 0 fully saturated rings. The third-order valence-electron chi connectivity index (χ3n) is 4.80. The van der Waals surface area contributed by atoms with Gasteiger partial charge in [-0.2, -0.15) is 0 Å². The second-order valence-electron chi connectivity index (χ2n) is 6.96. The number of benzene rings is 1. The zero-order valence-electron chi connectivity index (χ0n) is 16.7. The highest BCUT2D eigenvalue weighted by Gasteiger charge is 2.44. The van der Waals surface area contributed by atoms with Gasteiger partial charge in [-0.3, -0.25) is 24.0 Å². The normalized spacial score (nSPS) is 20.0. The Balaban J connectivity index is 2.15. The average Bonchev–Trinajstić information content (AvgIpc) is 2.68. The lowest BCUT2D eigenvalue weighted by Gasteiger charge is -2.34. The van der Waals surface area contributed by atoms with Crippen LogP contribution in [-0.4, -0.2) is 42.7 Å². The third-order valence-corrected chi connectivity index (χ3v) is 4.80. The van der Waals surface area contributed by atoms with Gasteiger partial charge in [0.05, 0.1) is 5.92 Å². The summed E-state index contributed by atoms with van der Waals surface area (Å²) in [5.41, 5.74) is 0.679. The van der Waals surface area contributed by atoms with Crippen molar-refractivity contribution < 1.29 is 38.2 Å². The number of ether oxygens (including phenoxy) is 3. The van der Waals surface area contributed by atoms with Crippen molar-refractivity contribution in [3.63, 3.8) is 0 Å². The Morgan fingerprint density at radius 3 is 1.87 bits per heavy atom. The lowest BCUT2D eigenvalue weighted by molar-refractivity contribution is -0.144. The first-order valence-electron chi connectivity index (χ1n) is 9.30. The fourth-order valence-corrected chi connectivity index (χ4v) is 3.64. The second-order valence-corrected chi connectivity index (χ2v) is 6.96. The number of hydrogen-bond acceptors (Lipinski definition) is 8. The zero-order chi connectivity index (χ0) is 22.0. The van der Waals surface area contributed by atoms with Crippen LogP contribution in [0, 0.1) is 11.8 Å². The van der Waals surface area contributed by atoms with E-state index in [2.05, 4.69) is 0 Å². The van der Waals surface area contributed by atoms with Gasteiger partial charge in [0.1, 0.15) is 19.0 Å². The Kier molecular flexibility index (Phi) is 5.96. The summed E-state index contributed by atoms with van der Waals surface area (Å²) in [7, 11) is 0. The molecule has 0 unspecified atom stereocenters. The monoisotopic (exact) mass is 412 g/mol. The number of carbonyl (C=O) groups excluding carboxylic acids is 5. The molecule has 0 bridgehead atoms. The van der Waals surface area contributed by atoms with Crippen LogP contribution >= 0.6 is 0 Å². The summed E-state index contributed by atoms with van der Waals surface area (Å²) in [5.74, 6) is -4.26. The topological polar surface area (TPSA) is 113 Å². The number of Topliss-reactive ketones (excluding diaryl/α,β-unsaturated/α-hetero) is 2. The van der Waals surface area contributed by atoms with Gasteiger partial charge in [-0.15, -0.1) is 0 Å². The summed E-state index contributed by atoms with van der Waals surface area (Å²) in [6, 6.07) is 6.37. The maximum Gasteiger partial charge on any atom is 0.307 e. The summed E-state index contributed by atoms with van der Waals surface area (Å²) in [5, 5.41) is 0. The highest BCUT2D eigenvalue weighted by Crippen LogP contribution is 2.42. The minimum atomic E-state index is -0.939.